The zero-order chi connectivity index (χ0) is 13.5. The Kier molecular flexibility index (Phi) is 3.36. The van der Waals surface area contributed by atoms with E-state index in [1.165, 1.54) is 17.7 Å². The minimum absolute atomic E-state index is 0.423. The van der Waals surface area contributed by atoms with Crippen molar-refractivity contribution in [3.8, 4) is 0 Å². The molecule has 0 unspecified atom stereocenters. The van der Waals surface area contributed by atoms with Gasteiger partial charge in [-0.1, -0.05) is 0 Å². The van der Waals surface area contributed by atoms with E-state index < -0.39 is 15.3 Å². The van der Waals surface area contributed by atoms with Gasteiger partial charge < -0.3 is 0 Å². The van der Waals surface area contributed by atoms with Crippen LogP contribution in [0.15, 0.2) is 0 Å². The second-order valence-electron chi connectivity index (χ2n) is 5.57. The monoisotopic (exact) mass is 284 g/mol. The Morgan fingerprint density at radius 3 is 3.00 bits per heavy atom. The van der Waals surface area contributed by atoms with Crippen molar-refractivity contribution in [3.05, 3.63) is 17.0 Å². The van der Waals surface area contributed by atoms with Crippen LogP contribution in [-0.2, 0) is 29.4 Å². The van der Waals surface area contributed by atoms with Gasteiger partial charge >= 0.3 is 0 Å². The highest BCUT2D eigenvalue weighted by atomic mass is 32.2. The minimum atomic E-state index is -3.42. The van der Waals surface area contributed by atoms with Crippen LogP contribution in [0.3, 0.4) is 0 Å². The largest absolute Gasteiger partial charge is 0.296 e. The highest BCUT2D eigenvalue weighted by molar-refractivity contribution is 7.89. The summed E-state index contributed by atoms with van der Waals surface area (Å²) < 4.78 is 22.9. The highest BCUT2D eigenvalue weighted by Crippen LogP contribution is 2.25. The minimum Gasteiger partial charge on any atom is -0.296 e. The van der Waals surface area contributed by atoms with E-state index in [2.05, 4.69) is 15.1 Å². The SMILES string of the molecule is NS(=O)(=O)[C@H]1CCCN(Cc2n[nH]c3c2CCC3)C1. The molecule has 106 valence electrons. The molecule has 0 radical (unpaired) electrons. The van der Waals surface area contributed by atoms with Crippen LogP contribution in [0.25, 0.3) is 0 Å². The van der Waals surface area contributed by atoms with E-state index in [1.807, 2.05) is 0 Å². The molecule has 0 aromatic carbocycles. The van der Waals surface area contributed by atoms with Gasteiger partial charge in [0.2, 0.25) is 10.0 Å². The first kappa shape index (κ1) is 13.1. The van der Waals surface area contributed by atoms with Gasteiger partial charge in [0.25, 0.3) is 0 Å². The van der Waals surface area contributed by atoms with E-state index in [1.54, 1.807) is 0 Å². The van der Waals surface area contributed by atoms with E-state index in [9.17, 15) is 8.42 Å². The van der Waals surface area contributed by atoms with Crippen LogP contribution in [-0.4, -0.2) is 41.9 Å². The van der Waals surface area contributed by atoms with Gasteiger partial charge in [0, 0.05) is 18.8 Å². The predicted molar refractivity (Wildman–Crippen MR) is 72.0 cm³/mol. The molecule has 1 saturated heterocycles. The second-order valence-corrected chi connectivity index (χ2v) is 7.41. The topological polar surface area (TPSA) is 92.1 Å². The molecule has 0 saturated carbocycles. The molecule has 1 aliphatic heterocycles. The van der Waals surface area contributed by atoms with Crippen molar-refractivity contribution >= 4 is 10.0 Å². The van der Waals surface area contributed by atoms with E-state index in [0.29, 0.717) is 13.0 Å². The Morgan fingerprint density at radius 1 is 1.37 bits per heavy atom. The molecular weight excluding hydrogens is 264 g/mol. The van der Waals surface area contributed by atoms with Gasteiger partial charge in [-0.3, -0.25) is 10.00 Å². The average molecular weight is 284 g/mol. The maximum Gasteiger partial charge on any atom is 0.213 e. The van der Waals surface area contributed by atoms with Crippen molar-refractivity contribution in [1.29, 1.82) is 0 Å². The molecule has 3 N–H and O–H groups in total. The number of hydrogen-bond acceptors (Lipinski definition) is 4. The first-order chi connectivity index (χ1) is 9.04. The number of hydrogen-bond donors (Lipinski definition) is 2. The number of aryl methyl sites for hydroxylation is 1. The lowest BCUT2D eigenvalue weighted by atomic mass is 10.1. The summed E-state index contributed by atoms with van der Waals surface area (Å²) in [6.45, 7) is 2.19. The number of primary sulfonamides is 1. The number of H-pyrrole nitrogens is 1. The van der Waals surface area contributed by atoms with Crippen molar-refractivity contribution in [3.63, 3.8) is 0 Å². The number of nitrogens with one attached hydrogen (secondary N) is 1. The normalized spacial score (nSPS) is 24.6. The van der Waals surface area contributed by atoms with Gasteiger partial charge in [-0.25, -0.2) is 13.6 Å². The van der Waals surface area contributed by atoms with E-state index in [4.69, 9.17) is 5.14 Å². The number of nitrogens with zero attached hydrogens (tertiary/aromatic N) is 2. The summed E-state index contributed by atoms with van der Waals surface area (Å²) in [4.78, 5) is 2.16. The molecule has 1 aliphatic carbocycles. The fourth-order valence-electron chi connectivity index (χ4n) is 3.16. The van der Waals surface area contributed by atoms with Crippen molar-refractivity contribution in [2.75, 3.05) is 13.1 Å². The third-order valence-electron chi connectivity index (χ3n) is 4.19. The lowest BCUT2D eigenvalue weighted by molar-refractivity contribution is 0.219. The summed E-state index contributed by atoms with van der Waals surface area (Å²) in [5.74, 6) is 0. The van der Waals surface area contributed by atoms with Gasteiger partial charge in [-0.05, 0) is 44.2 Å². The molecule has 7 heteroatoms. The fourth-order valence-corrected chi connectivity index (χ4v) is 4.07. The molecule has 1 atom stereocenters. The molecule has 0 amide bonds. The zero-order valence-electron chi connectivity index (χ0n) is 10.9. The van der Waals surface area contributed by atoms with Crippen LogP contribution in [0.2, 0.25) is 0 Å². The van der Waals surface area contributed by atoms with E-state index >= 15 is 0 Å². The third-order valence-corrected chi connectivity index (χ3v) is 5.51. The Morgan fingerprint density at radius 2 is 2.21 bits per heavy atom. The van der Waals surface area contributed by atoms with E-state index in [0.717, 1.165) is 38.0 Å². The van der Waals surface area contributed by atoms with Gasteiger partial charge in [0.1, 0.15) is 0 Å². The zero-order valence-corrected chi connectivity index (χ0v) is 11.7. The van der Waals surface area contributed by atoms with Gasteiger partial charge in [0.15, 0.2) is 0 Å². The third kappa shape index (κ3) is 2.68. The Bertz CT molecular complexity index is 566. The molecule has 2 aliphatic rings. The molecule has 0 spiro atoms. The predicted octanol–water partition coefficient (Wildman–Crippen LogP) is 0.151. The van der Waals surface area contributed by atoms with Gasteiger partial charge in [0.05, 0.1) is 10.9 Å². The van der Waals surface area contributed by atoms with Crippen molar-refractivity contribution in [2.24, 2.45) is 5.14 Å². The standard InChI is InChI=1S/C12H20N4O2S/c13-19(17,18)9-3-2-6-16(7-9)8-12-10-4-1-5-11(10)14-15-12/h9H,1-8H2,(H,14,15)(H2,13,17,18)/t9-/m0/s1. The Balaban J connectivity index is 1.69. The fraction of sp³-hybridized carbons (Fsp3) is 0.750. The summed E-state index contributed by atoms with van der Waals surface area (Å²) in [6, 6.07) is 0. The van der Waals surface area contributed by atoms with Crippen molar-refractivity contribution in [2.45, 2.75) is 43.9 Å². The summed E-state index contributed by atoms with van der Waals surface area (Å²) in [5, 5.41) is 12.3. The van der Waals surface area contributed by atoms with Crippen LogP contribution < -0.4 is 5.14 Å². The maximum absolute atomic E-state index is 11.5. The number of likely N-dealkylation sites (tertiary alicyclic amines) is 1. The summed E-state index contributed by atoms with van der Waals surface area (Å²) in [5.41, 5.74) is 3.69. The molecule has 0 bridgehead atoms. The molecule has 1 fully saturated rings. The molecule has 19 heavy (non-hydrogen) atoms. The number of aromatic nitrogens is 2. The first-order valence-corrected chi connectivity index (χ1v) is 8.44. The lowest BCUT2D eigenvalue weighted by Crippen LogP contribution is -2.44. The molecular formula is C12H20N4O2S. The Labute approximate surface area is 113 Å². The van der Waals surface area contributed by atoms with Gasteiger partial charge in [-0.15, -0.1) is 0 Å². The van der Waals surface area contributed by atoms with E-state index in [-0.39, 0.29) is 0 Å². The quantitative estimate of drug-likeness (QED) is 0.826. The van der Waals surface area contributed by atoms with Crippen LogP contribution in [0, 0.1) is 0 Å². The summed E-state index contributed by atoms with van der Waals surface area (Å²) >= 11 is 0. The average Bonchev–Trinajstić information content (AvgIpc) is 2.93. The summed E-state index contributed by atoms with van der Waals surface area (Å²) in [6.07, 6.45) is 4.92. The first-order valence-electron chi connectivity index (χ1n) is 6.83. The maximum atomic E-state index is 11.5. The van der Waals surface area contributed by atoms with Gasteiger partial charge in [-0.2, -0.15) is 5.10 Å². The number of piperidine rings is 1. The number of fused-ring (bicyclic) bond motifs is 1. The number of rotatable bonds is 3. The second kappa shape index (κ2) is 4.88. The van der Waals surface area contributed by atoms with Crippen LogP contribution in [0.5, 0.6) is 0 Å². The molecule has 6 nitrogen and oxygen atoms in total. The van der Waals surface area contributed by atoms with Crippen LogP contribution in [0.4, 0.5) is 0 Å². The smallest absolute Gasteiger partial charge is 0.213 e. The highest BCUT2D eigenvalue weighted by Gasteiger charge is 2.29. The molecule has 1 aromatic rings. The number of sulfonamides is 1. The van der Waals surface area contributed by atoms with Crippen LogP contribution in [0.1, 0.15) is 36.2 Å². The number of nitrogens with two attached hydrogens (primary N) is 1. The molecule has 1 aromatic heterocycles. The van der Waals surface area contributed by atoms with Crippen molar-refractivity contribution in [1.82, 2.24) is 15.1 Å². The molecule has 2 heterocycles. The van der Waals surface area contributed by atoms with Crippen LogP contribution >= 0.6 is 0 Å². The molecule has 3 rings (SSSR count). The van der Waals surface area contributed by atoms with Crippen molar-refractivity contribution < 1.29 is 8.42 Å². The number of aromatic amines is 1. The lowest BCUT2D eigenvalue weighted by Gasteiger charge is -2.31. The summed E-state index contributed by atoms with van der Waals surface area (Å²) in [7, 11) is -3.42. The Hall–Kier alpha value is -0.920.